The molecule has 0 aromatic heterocycles. The number of hydrogen-bond donors (Lipinski definition) is 1. The van der Waals surface area contributed by atoms with Crippen LogP contribution in [0.5, 0.6) is 0 Å². The van der Waals surface area contributed by atoms with E-state index in [9.17, 15) is 14.7 Å². The summed E-state index contributed by atoms with van der Waals surface area (Å²) in [6, 6.07) is 15.0. The summed E-state index contributed by atoms with van der Waals surface area (Å²) < 4.78 is 4.92. The molecule has 5 nitrogen and oxygen atoms in total. The van der Waals surface area contributed by atoms with Crippen molar-refractivity contribution in [1.82, 2.24) is 0 Å². The molecule has 0 spiro atoms. The first kappa shape index (κ1) is 16.2. The van der Waals surface area contributed by atoms with Gasteiger partial charge in [-0.1, -0.05) is 36.4 Å². The van der Waals surface area contributed by atoms with E-state index in [0.29, 0.717) is 16.8 Å². The normalized spacial score (nSPS) is 9.61. The number of aliphatic carboxylic acids is 1. The van der Waals surface area contributed by atoms with Gasteiger partial charge in [0.1, 0.15) is 5.57 Å². The Hall–Kier alpha value is -3.17. The van der Waals surface area contributed by atoms with Crippen LogP contribution in [0.3, 0.4) is 0 Å². The Morgan fingerprint density at radius 1 is 1.09 bits per heavy atom. The lowest BCUT2D eigenvalue weighted by molar-refractivity contribution is -0.130. The molecule has 0 bridgehead atoms. The molecule has 0 heterocycles. The maximum atomic E-state index is 11.7. The largest absolute Gasteiger partial charge is 0.477 e. The van der Waals surface area contributed by atoms with E-state index in [4.69, 9.17) is 4.74 Å². The highest BCUT2D eigenvalue weighted by molar-refractivity contribution is 6.25. The summed E-state index contributed by atoms with van der Waals surface area (Å²) in [5, 5.41) is 9.28. The van der Waals surface area contributed by atoms with Crippen LogP contribution in [0, 0.1) is 0 Å². The lowest BCUT2D eigenvalue weighted by atomic mass is 10.1. The van der Waals surface area contributed by atoms with E-state index in [0.717, 1.165) is 0 Å². The summed E-state index contributed by atoms with van der Waals surface area (Å²) >= 11 is 0. The number of carbonyl (C=O) groups is 2. The van der Waals surface area contributed by atoms with E-state index >= 15 is 0 Å². The van der Waals surface area contributed by atoms with Crippen LogP contribution in [0.1, 0.15) is 22.8 Å². The minimum atomic E-state index is -1.12. The first-order valence-electron chi connectivity index (χ1n) is 7.01. The SMILES string of the molecule is CCOC(=O)c1cccc(N=C=C(C(=O)O)c2ccccc2)c1. The number of carbonyl (C=O) groups excluding carboxylic acids is 1. The monoisotopic (exact) mass is 309 g/mol. The van der Waals surface area contributed by atoms with Gasteiger partial charge in [-0.05, 0) is 30.7 Å². The molecule has 0 unspecified atom stereocenters. The standard InChI is InChI=1S/C18H15NO4/c1-2-23-18(22)14-9-6-10-15(11-14)19-12-16(17(20)21)13-7-4-3-5-8-13/h3-11H,2H2,1H3,(H,20,21). The molecule has 1 N–H and O–H groups in total. The summed E-state index contributed by atoms with van der Waals surface area (Å²) in [7, 11) is 0. The molecular formula is C18H15NO4. The van der Waals surface area contributed by atoms with Crippen LogP contribution in [0.2, 0.25) is 0 Å². The molecule has 0 aliphatic heterocycles. The molecular weight excluding hydrogens is 294 g/mol. The van der Waals surface area contributed by atoms with Gasteiger partial charge in [-0.2, -0.15) is 0 Å². The number of esters is 1. The van der Waals surface area contributed by atoms with Gasteiger partial charge >= 0.3 is 11.9 Å². The second kappa shape index (κ2) is 7.73. The van der Waals surface area contributed by atoms with Crippen LogP contribution < -0.4 is 0 Å². The molecule has 2 rings (SSSR count). The fourth-order valence-corrected chi connectivity index (χ4v) is 1.88. The second-order valence-electron chi connectivity index (χ2n) is 4.54. The summed E-state index contributed by atoms with van der Waals surface area (Å²) in [5.74, 6) is 0.967. The van der Waals surface area contributed by atoms with Crippen molar-refractivity contribution in [1.29, 1.82) is 0 Å². The van der Waals surface area contributed by atoms with Gasteiger partial charge in [0.2, 0.25) is 0 Å². The number of aliphatic imine (C=N–C) groups is 1. The summed E-state index contributed by atoms with van der Waals surface area (Å²) in [5.41, 5.74) is 1.23. The summed E-state index contributed by atoms with van der Waals surface area (Å²) in [6.07, 6.45) is 0. The Morgan fingerprint density at radius 2 is 1.78 bits per heavy atom. The Labute approximate surface area is 133 Å². The van der Waals surface area contributed by atoms with Crippen LogP contribution >= 0.6 is 0 Å². The lowest BCUT2D eigenvalue weighted by Gasteiger charge is -2.01. The first-order valence-corrected chi connectivity index (χ1v) is 7.01. The summed E-state index contributed by atoms with van der Waals surface area (Å²) in [4.78, 5) is 27.1. The van der Waals surface area contributed by atoms with Crippen molar-refractivity contribution in [2.75, 3.05) is 6.61 Å². The second-order valence-corrected chi connectivity index (χ2v) is 4.54. The minimum absolute atomic E-state index is 0.0489. The van der Waals surface area contributed by atoms with Crippen molar-refractivity contribution < 1.29 is 19.4 Å². The molecule has 0 saturated heterocycles. The maximum Gasteiger partial charge on any atom is 0.345 e. The molecule has 0 aliphatic carbocycles. The fourth-order valence-electron chi connectivity index (χ4n) is 1.88. The molecule has 0 fully saturated rings. The molecule has 0 atom stereocenters. The third-order valence-corrected chi connectivity index (χ3v) is 2.93. The molecule has 0 amide bonds. The number of carboxylic acids is 1. The average Bonchev–Trinajstić information content (AvgIpc) is 2.56. The van der Waals surface area contributed by atoms with Gasteiger partial charge in [-0.25, -0.2) is 14.6 Å². The Morgan fingerprint density at radius 3 is 2.43 bits per heavy atom. The highest BCUT2D eigenvalue weighted by Crippen LogP contribution is 2.16. The van der Waals surface area contributed by atoms with Crippen molar-refractivity contribution in [3.05, 3.63) is 65.7 Å². The van der Waals surface area contributed by atoms with Crippen molar-refractivity contribution in [3.8, 4) is 0 Å². The molecule has 2 aromatic rings. The average molecular weight is 309 g/mol. The zero-order valence-corrected chi connectivity index (χ0v) is 12.5. The smallest absolute Gasteiger partial charge is 0.345 e. The van der Waals surface area contributed by atoms with E-state index in [1.807, 2.05) is 0 Å². The molecule has 23 heavy (non-hydrogen) atoms. The quantitative estimate of drug-likeness (QED) is 0.522. The molecule has 0 saturated carbocycles. The zero-order valence-electron chi connectivity index (χ0n) is 12.5. The van der Waals surface area contributed by atoms with Gasteiger partial charge in [-0.15, -0.1) is 0 Å². The van der Waals surface area contributed by atoms with Gasteiger partial charge < -0.3 is 9.84 Å². The number of carboxylic acid groups (broad SMARTS) is 1. The Kier molecular flexibility index (Phi) is 5.45. The highest BCUT2D eigenvalue weighted by atomic mass is 16.5. The Bertz CT molecular complexity index is 775. The van der Waals surface area contributed by atoms with Gasteiger partial charge in [0, 0.05) is 5.87 Å². The maximum absolute atomic E-state index is 11.7. The molecule has 0 radical (unpaired) electrons. The molecule has 116 valence electrons. The minimum Gasteiger partial charge on any atom is -0.477 e. The van der Waals surface area contributed by atoms with Crippen molar-refractivity contribution in [2.24, 2.45) is 4.99 Å². The topological polar surface area (TPSA) is 76.0 Å². The zero-order chi connectivity index (χ0) is 16.7. The third-order valence-electron chi connectivity index (χ3n) is 2.93. The predicted molar refractivity (Wildman–Crippen MR) is 87.0 cm³/mol. The lowest BCUT2D eigenvalue weighted by Crippen LogP contribution is -2.03. The number of nitrogens with zero attached hydrogens (tertiary/aromatic N) is 1. The number of hydrogen-bond acceptors (Lipinski definition) is 4. The fraction of sp³-hybridized carbons (Fsp3) is 0.111. The predicted octanol–water partition coefficient (Wildman–Crippen LogP) is 3.33. The van der Waals surface area contributed by atoms with Crippen molar-refractivity contribution in [2.45, 2.75) is 6.92 Å². The van der Waals surface area contributed by atoms with Crippen LogP contribution in [-0.4, -0.2) is 29.5 Å². The van der Waals surface area contributed by atoms with Crippen molar-refractivity contribution >= 4 is 29.1 Å². The van der Waals surface area contributed by atoms with Gasteiger partial charge in [-0.3, -0.25) is 0 Å². The number of ether oxygens (including phenoxy) is 1. The van der Waals surface area contributed by atoms with E-state index in [-0.39, 0.29) is 12.2 Å². The van der Waals surface area contributed by atoms with Crippen LogP contribution in [0.4, 0.5) is 5.69 Å². The molecule has 0 aliphatic rings. The first-order chi connectivity index (χ1) is 11.1. The summed E-state index contributed by atoms with van der Waals surface area (Å²) in [6.45, 7) is 2.00. The van der Waals surface area contributed by atoms with Gasteiger partial charge in [0.05, 0.1) is 17.9 Å². The van der Waals surface area contributed by atoms with E-state index < -0.39 is 11.9 Å². The van der Waals surface area contributed by atoms with Crippen LogP contribution in [-0.2, 0) is 9.53 Å². The molecule has 5 heteroatoms. The highest BCUT2D eigenvalue weighted by Gasteiger charge is 2.10. The Balaban J connectivity index is 2.38. The molecule has 2 aromatic carbocycles. The van der Waals surface area contributed by atoms with Gasteiger partial charge in [0.25, 0.3) is 0 Å². The van der Waals surface area contributed by atoms with E-state index in [1.165, 1.54) is 6.07 Å². The third kappa shape index (κ3) is 4.40. The van der Waals surface area contributed by atoms with Gasteiger partial charge in [0.15, 0.2) is 0 Å². The van der Waals surface area contributed by atoms with Crippen LogP contribution in [0.25, 0.3) is 5.57 Å². The van der Waals surface area contributed by atoms with Crippen LogP contribution in [0.15, 0.2) is 59.6 Å². The number of rotatable bonds is 5. The van der Waals surface area contributed by atoms with E-state index in [2.05, 4.69) is 10.9 Å². The van der Waals surface area contributed by atoms with Crippen molar-refractivity contribution in [3.63, 3.8) is 0 Å². The van der Waals surface area contributed by atoms with E-state index in [1.54, 1.807) is 55.5 Å². The number of benzene rings is 2.